The number of allylic oxidation sites excluding steroid dienone is 12. The van der Waals surface area contributed by atoms with Crippen molar-refractivity contribution in [1.82, 2.24) is 5.32 Å². The summed E-state index contributed by atoms with van der Waals surface area (Å²) in [7, 11) is 1.31. The molecule has 0 aromatic carbocycles. The van der Waals surface area contributed by atoms with Crippen molar-refractivity contribution in [3.05, 3.63) is 72.9 Å². The second kappa shape index (κ2) is 58.6. The van der Waals surface area contributed by atoms with Gasteiger partial charge in [0, 0.05) is 6.42 Å². The van der Waals surface area contributed by atoms with Gasteiger partial charge in [-0.05, 0) is 64.2 Å². The van der Waals surface area contributed by atoms with Crippen molar-refractivity contribution in [2.24, 2.45) is 0 Å². The minimum absolute atomic E-state index is 0.0102. The topological polar surface area (TPSA) is 108 Å². The largest absolute Gasteiger partial charge is 0.756 e. The Bertz CT molecular complexity index is 1480. The molecule has 0 fully saturated rings. The highest BCUT2D eigenvalue weighted by Gasteiger charge is 2.24. The van der Waals surface area contributed by atoms with Gasteiger partial charge in [-0.25, -0.2) is 0 Å². The highest BCUT2D eigenvalue weighted by Crippen LogP contribution is 2.38. The first-order chi connectivity index (χ1) is 37.5. The van der Waals surface area contributed by atoms with E-state index >= 15 is 0 Å². The standard InChI is InChI=1S/C68H127N2O6P/c1-6-8-10-12-14-16-18-20-22-24-26-28-30-32-33-34-35-36-37-38-40-42-44-46-48-50-52-54-56-58-60-62-68(72)69-66(65-76-77(73,74)75-64-63-70(3,4)5)67(71)61-59-57-55-53-51-49-47-45-43-41-39-31-29-27-25-23-21-19-17-15-13-11-9-7-2/h8,10,14,16,20,22,26,28,32-33,35-36,66-67,71H,6-7,9,11-13,15,17-19,21,23-25,27,29-31,34,37-65H2,1-5H3,(H-,69,72,73,74)/b10-8-,16-14-,22-20-,28-26-,33-32-,36-35-. The molecule has 9 heteroatoms. The zero-order valence-corrected chi connectivity index (χ0v) is 52.3. The number of phosphoric acid groups is 1. The first-order valence-electron chi connectivity index (χ1n) is 32.8. The molecule has 0 aliphatic rings. The van der Waals surface area contributed by atoms with Crippen molar-refractivity contribution in [3.8, 4) is 0 Å². The van der Waals surface area contributed by atoms with E-state index in [2.05, 4.69) is 92.1 Å². The Morgan fingerprint density at radius 2 is 0.792 bits per heavy atom. The number of likely N-dealkylation sites (N-methyl/N-ethyl adjacent to an activating group) is 1. The van der Waals surface area contributed by atoms with Crippen molar-refractivity contribution < 1.29 is 32.9 Å². The maximum absolute atomic E-state index is 13.0. The number of hydrogen-bond acceptors (Lipinski definition) is 6. The van der Waals surface area contributed by atoms with E-state index in [1.807, 2.05) is 21.1 Å². The Hall–Kier alpha value is -2.06. The summed E-state index contributed by atoms with van der Waals surface area (Å²) in [5.41, 5.74) is 0. The fourth-order valence-corrected chi connectivity index (χ4v) is 10.4. The predicted molar refractivity (Wildman–Crippen MR) is 334 cm³/mol. The summed E-state index contributed by atoms with van der Waals surface area (Å²) in [4.78, 5) is 25.6. The smallest absolute Gasteiger partial charge is 0.268 e. The van der Waals surface area contributed by atoms with Crippen molar-refractivity contribution in [2.45, 2.75) is 315 Å². The molecule has 3 unspecified atom stereocenters. The van der Waals surface area contributed by atoms with Gasteiger partial charge < -0.3 is 28.8 Å². The van der Waals surface area contributed by atoms with Crippen LogP contribution in [0, 0.1) is 0 Å². The normalized spacial score (nSPS) is 14.2. The monoisotopic (exact) mass is 1100 g/mol. The van der Waals surface area contributed by atoms with Crippen molar-refractivity contribution in [1.29, 1.82) is 0 Å². The fraction of sp³-hybridized carbons (Fsp3) is 0.809. The summed E-state index contributed by atoms with van der Waals surface area (Å²) in [6.07, 6.45) is 80.9. The maximum Gasteiger partial charge on any atom is 0.268 e. The van der Waals surface area contributed by atoms with Gasteiger partial charge in [0.15, 0.2) is 0 Å². The molecule has 0 aromatic rings. The van der Waals surface area contributed by atoms with E-state index in [0.717, 1.165) is 77.0 Å². The van der Waals surface area contributed by atoms with E-state index in [9.17, 15) is 19.4 Å². The molecule has 0 heterocycles. The van der Waals surface area contributed by atoms with Crippen LogP contribution in [0.4, 0.5) is 0 Å². The molecule has 0 radical (unpaired) electrons. The summed E-state index contributed by atoms with van der Waals surface area (Å²) >= 11 is 0. The second-order valence-corrected chi connectivity index (χ2v) is 24.9. The van der Waals surface area contributed by atoms with E-state index in [1.165, 1.54) is 199 Å². The number of aliphatic hydroxyl groups is 1. The van der Waals surface area contributed by atoms with Crippen LogP contribution in [0.3, 0.4) is 0 Å². The SMILES string of the molecule is CC/C=C\C/C=C\C/C=C\C/C=C\C/C=C\C/C=C\CCCCCCCCCCCCCCC(=O)NC(COP(=O)([O-])OCC[N+](C)(C)C)C(O)CCCCCCCCCCCCCCCCCCCCCCCCCC. The number of rotatable bonds is 60. The van der Waals surface area contributed by atoms with Crippen LogP contribution in [-0.2, 0) is 18.4 Å². The van der Waals surface area contributed by atoms with E-state index in [4.69, 9.17) is 9.05 Å². The van der Waals surface area contributed by atoms with Gasteiger partial charge in [-0.15, -0.1) is 0 Å². The number of quaternary nitrogens is 1. The van der Waals surface area contributed by atoms with Crippen LogP contribution in [0.15, 0.2) is 72.9 Å². The van der Waals surface area contributed by atoms with E-state index in [-0.39, 0.29) is 19.1 Å². The minimum Gasteiger partial charge on any atom is -0.756 e. The number of carbonyl (C=O) groups is 1. The summed E-state index contributed by atoms with van der Waals surface area (Å²) < 4.78 is 23.5. The summed E-state index contributed by atoms with van der Waals surface area (Å²) in [5, 5.41) is 14.1. The van der Waals surface area contributed by atoms with Gasteiger partial charge in [-0.2, -0.15) is 0 Å². The Morgan fingerprint density at radius 1 is 0.468 bits per heavy atom. The number of unbranched alkanes of at least 4 members (excludes halogenated alkanes) is 35. The van der Waals surface area contributed by atoms with Crippen LogP contribution >= 0.6 is 7.82 Å². The average molecular weight is 1100 g/mol. The van der Waals surface area contributed by atoms with Gasteiger partial charge in [0.2, 0.25) is 5.91 Å². The zero-order valence-electron chi connectivity index (χ0n) is 51.4. The van der Waals surface area contributed by atoms with Crippen molar-refractivity contribution in [2.75, 3.05) is 40.9 Å². The molecular formula is C68H127N2O6P. The minimum atomic E-state index is -4.58. The molecule has 0 aliphatic carbocycles. The number of aliphatic hydroxyl groups excluding tert-OH is 1. The molecule has 0 bridgehead atoms. The number of nitrogens with zero attached hydrogens (tertiary/aromatic N) is 1. The number of amides is 1. The third-order valence-corrected chi connectivity index (χ3v) is 15.7. The predicted octanol–water partition coefficient (Wildman–Crippen LogP) is 20.0. The Morgan fingerprint density at radius 3 is 1.16 bits per heavy atom. The Balaban J connectivity index is 4.10. The number of nitrogens with one attached hydrogen (secondary N) is 1. The maximum atomic E-state index is 13.0. The summed E-state index contributed by atoms with van der Waals surface area (Å²) in [6.45, 7) is 4.64. The van der Waals surface area contributed by atoms with Crippen LogP contribution in [0.5, 0.6) is 0 Å². The Labute approximate surface area is 478 Å². The summed E-state index contributed by atoms with van der Waals surface area (Å²) in [5.74, 6) is -0.165. The van der Waals surface area contributed by atoms with Gasteiger partial charge in [0.05, 0.1) is 39.9 Å². The molecule has 3 atom stereocenters. The van der Waals surface area contributed by atoms with E-state index < -0.39 is 20.0 Å². The molecule has 77 heavy (non-hydrogen) atoms. The van der Waals surface area contributed by atoms with Gasteiger partial charge in [-0.3, -0.25) is 9.36 Å². The lowest BCUT2D eigenvalue weighted by Crippen LogP contribution is -2.46. The molecule has 450 valence electrons. The lowest BCUT2D eigenvalue weighted by Gasteiger charge is -2.30. The van der Waals surface area contributed by atoms with Crippen LogP contribution in [0.25, 0.3) is 0 Å². The van der Waals surface area contributed by atoms with E-state index in [1.54, 1.807) is 0 Å². The zero-order chi connectivity index (χ0) is 56.3. The van der Waals surface area contributed by atoms with Crippen LogP contribution in [-0.4, -0.2) is 68.5 Å². The highest BCUT2D eigenvalue weighted by atomic mass is 31.2. The van der Waals surface area contributed by atoms with Crippen LogP contribution in [0.1, 0.15) is 303 Å². The van der Waals surface area contributed by atoms with Crippen molar-refractivity contribution >= 4 is 13.7 Å². The molecule has 0 aliphatic heterocycles. The number of carbonyl (C=O) groups excluding carboxylic acids is 1. The van der Waals surface area contributed by atoms with E-state index in [0.29, 0.717) is 23.9 Å². The van der Waals surface area contributed by atoms with Gasteiger partial charge >= 0.3 is 0 Å². The van der Waals surface area contributed by atoms with Crippen molar-refractivity contribution in [3.63, 3.8) is 0 Å². The molecule has 0 saturated carbocycles. The number of phosphoric ester groups is 1. The average Bonchev–Trinajstić information content (AvgIpc) is 3.39. The Kier molecular flexibility index (Phi) is 57.0. The first-order valence-corrected chi connectivity index (χ1v) is 34.2. The number of hydrogen-bond donors (Lipinski definition) is 2. The third kappa shape index (κ3) is 61.4. The molecule has 8 nitrogen and oxygen atoms in total. The lowest BCUT2D eigenvalue weighted by atomic mass is 10.0. The van der Waals surface area contributed by atoms with Gasteiger partial charge in [0.1, 0.15) is 13.2 Å². The molecule has 2 N–H and O–H groups in total. The summed E-state index contributed by atoms with van der Waals surface area (Å²) in [6, 6.07) is -0.807. The molecular weight excluding hydrogens is 972 g/mol. The molecule has 1 amide bonds. The van der Waals surface area contributed by atoms with Gasteiger partial charge in [0.25, 0.3) is 7.82 Å². The van der Waals surface area contributed by atoms with Crippen LogP contribution in [0.2, 0.25) is 0 Å². The molecule has 0 rings (SSSR count). The molecule has 0 spiro atoms. The quantitative estimate of drug-likeness (QED) is 0.0272. The first kappa shape index (κ1) is 74.9. The third-order valence-electron chi connectivity index (χ3n) is 14.7. The lowest BCUT2D eigenvalue weighted by molar-refractivity contribution is -0.870. The van der Waals surface area contributed by atoms with Gasteiger partial charge in [-0.1, -0.05) is 305 Å². The molecule has 0 aromatic heterocycles. The molecule has 0 saturated heterocycles. The fourth-order valence-electron chi connectivity index (χ4n) is 9.64. The van der Waals surface area contributed by atoms with Crippen LogP contribution < -0.4 is 10.2 Å². The second-order valence-electron chi connectivity index (χ2n) is 23.4. The highest BCUT2D eigenvalue weighted by molar-refractivity contribution is 7.45.